The zero-order valence-electron chi connectivity index (χ0n) is 31.5. The zero-order valence-corrected chi connectivity index (χ0v) is 31.5. The molecule has 1 fully saturated rings. The molecule has 0 saturated carbocycles. The molecule has 0 aromatic heterocycles. The quantitative estimate of drug-likeness (QED) is 0.0370. The molecule has 6 N–H and O–H groups in total. The van der Waals surface area contributed by atoms with Crippen molar-refractivity contribution in [3.05, 3.63) is 23.8 Å². The number of aliphatic hydroxyl groups excluding tert-OH is 3. The summed E-state index contributed by atoms with van der Waals surface area (Å²) in [4.78, 5) is 53.9. The van der Waals surface area contributed by atoms with Gasteiger partial charge < -0.3 is 54.7 Å². The summed E-state index contributed by atoms with van der Waals surface area (Å²) >= 11 is 0. The number of ether oxygens (including phenoxy) is 4. The van der Waals surface area contributed by atoms with Crippen molar-refractivity contribution in [2.45, 2.75) is 128 Å². The van der Waals surface area contributed by atoms with Crippen LogP contribution in [0.3, 0.4) is 0 Å². The highest BCUT2D eigenvalue weighted by Crippen LogP contribution is 2.46. The maximum absolute atomic E-state index is 13.6. The smallest absolute Gasteiger partial charge is 0.311 e. The summed E-state index contributed by atoms with van der Waals surface area (Å²) in [5.41, 5.74) is -3.10. The fourth-order valence-electron chi connectivity index (χ4n) is 6.23. The van der Waals surface area contributed by atoms with Crippen molar-refractivity contribution < 1.29 is 63.7 Å². The first-order chi connectivity index (χ1) is 24.4. The van der Waals surface area contributed by atoms with E-state index >= 15 is 0 Å². The Labute approximate surface area is 336 Å². The van der Waals surface area contributed by atoms with Crippen molar-refractivity contribution in [3.63, 3.8) is 0 Å². The normalized spacial score (nSPS) is 16.2. The van der Waals surface area contributed by atoms with Crippen LogP contribution >= 0.6 is 0 Å². The number of likely N-dealkylation sites (tertiary alicyclic amines) is 1. The molecule has 0 spiro atoms. The highest BCUT2D eigenvalue weighted by atomic mass is 16.6. The monoisotopic (exact) mass is 805 g/mol. The predicted octanol–water partition coefficient (Wildman–Crippen LogP) is 4.37. The van der Waals surface area contributed by atoms with Crippen LogP contribution < -0.4 is 5.32 Å². The van der Waals surface area contributed by atoms with Gasteiger partial charge in [-0.1, -0.05) is 42.7 Å². The van der Waals surface area contributed by atoms with Crippen LogP contribution in [-0.2, 0) is 44.5 Å². The standard InChI is InChI=1S/C37H60N2O13.4CH4/c1-7-36(5,33(47)49-16-15-39-14-8-9-31(39)45)24-37(6,34(48)52-20-27(41)19-40)23-35(3,4)32(46)51-22-28(42)21-50-25(2)18-38-13-12-26-10-11-29(43)30(44)17-26;;;;/h10-11,17,25,27-28,38,40-44H,7-9,12-16,18-24H2,1-6H3;4*1H4. The molecule has 5 atom stereocenters. The number of carbonyl (C=O) groups is 4. The number of phenolic OH excluding ortho intramolecular Hbond substituents is 2. The van der Waals surface area contributed by atoms with Crippen LogP contribution in [0.2, 0.25) is 0 Å². The lowest BCUT2D eigenvalue weighted by Gasteiger charge is -2.39. The first kappa shape index (κ1) is 56.8. The van der Waals surface area contributed by atoms with Crippen LogP contribution in [0.4, 0.5) is 0 Å². The molecule has 1 aliphatic rings. The number of aromatic hydroxyl groups is 2. The number of phenols is 2. The zero-order chi connectivity index (χ0) is 39.1. The molecule has 1 aliphatic heterocycles. The number of carbonyl (C=O) groups excluding carboxylic acids is 4. The molecular weight excluding hydrogens is 728 g/mol. The maximum atomic E-state index is 13.6. The predicted molar refractivity (Wildman–Crippen MR) is 216 cm³/mol. The molecule has 1 aromatic carbocycles. The van der Waals surface area contributed by atoms with Crippen LogP contribution in [-0.4, -0.2) is 132 Å². The van der Waals surface area contributed by atoms with Crippen LogP contribution in [0.5, 0.6) is 11.5 Å². The Hall–Kier alpha value is -3.50. The fourth-order valence-corrected chi connectivity index (χ4v) is 6.23. The van der Waals surface area contributed by atoms with Crippen molar-refractivity contribution >= 4 is 23.8 Å². The molecule has 1 heterocycles. The molecule has 15 nitrogen and oxygen atoms in total. The first-order valence-corrected chi connectivity index (χ1v) is 18.0. The molecule has 328 valence electrons. The van der Waals surface area contributed by atoms with E-state index in [0.29, 0.717) is 32.5 Å². The minimum Gasteiger partial charge on any atom is -0.504 e. The molecule has 1 aromatic rings. The van der Waals surface area contributed by atoms with E-state index in [2.05, 4.69) is 5.32 Å². The largest absolute Gasteiger partial charge is 0.504 e. The summed E-state index contributed by atoms with van der Waals surface area (Å²) in [6.07, 6.45) is -0.825. The summed E-state index contributed by atoms with van der Waals surface area (Å²) in [6, 6.07) is 4.64. The van der Waals surface area contributed by atoms with Crippen molar-refractivity contribution in [1.29, 1.82) is 0 Å². The van der Waals surface area contributed by atoms with Gasteiger partial charge in [0.1, 0.15) is 32.0 Å². The van der Waals surface area contributed by atoms with Gasteiger partial charge in [-0.15, -0.1) is 0 Å². The Balaban J connectivity index is -0.00000702. The number of nitrogens with zero attached hydrogens (tertiary/aromatic N) is 1. The van der Waals surface area contributed by atoms with Gasteiger partial charge in [0.15, 0.2) is 11.5 Å². The fraction of sp³-hybridized carbons (Fsp3) is 0.756. The second-order valence-electron chi connectivity index (χ2n) is 14.9. The number of aliphatic hydroxyl groups is 3. The number of esters is 3. The molecule has 0 aliphatic carbocycles. The van der Waals surface area contributed by atoms with Gasteiger partial charge in [0.25, 0.3) is 0 Å². The van der Waals surface area contributed by atoms with Crippen LogP contribution in [0.25, 0.3) is 0 Å². The molecule has 1 saturated heterocycles. The minimum atomic E-state index is -1.46. The third-order valence-electron chi connectivity index (χ3n) is 9.36. The maximum Gasteiger partial charge on any atom is 0.311 e. The lowest BCUT2D eigenvalue weighted by atomic mass is 9.65. The first-order valence-electron chi connectivity index (χ1n) is 18.0. The Kier molecular flexibility index (Phi) is 26.8. The second kappa shape index (κ2) is 26.4. The van der Waals surface area contributed by atoms with E-state index in [9.17, 15) is 44.7 Å². The number of rotatable bonds is 24. The van der Waals surface area contributed by atoms with Crippen LogP contribution in [0.1, 0.15) is 109 Å². The van der Waals surface area contributed by atoms with Gasteiger partial charge in [-0.25, -0.2) is 0 Å². The Morgan fingerprint density at radius 2 is 1.46 bits per heavy atom. The summed E-state index contributed by atoms with van der Waals surface area (Å²) in [6.45, 7) is 10.3. The number of hydrogen-bond donors (Lipinski definition) is 6. The van der Waals surface area contributed by atoms with Gasteiger partial charge in [0.05, 0.1) is 42.1 Å². The van der Waals surface area contributed by atoms with E-state index in [0.717, 1.165) is 12.0 Å². The molecule has 0 radical (unpaired) electrons. The molecule has 1 amide bonds. The number of amides is 1. The van der Waals surface area contributed by atoms with Crippen molar-refractivity contribution in [2.24, 2.45) is 16.2 Å². The van der Waals surface area contributed by atoms with E-state index in [1.165, 1.54) is 12.1 Å². The minimum absolute atomic E-state index is 0. The summed E-state index contributed by atoms with van der Waals surface area (Å²) < 4.78 is 22.1. The SMILES string of the molecule is C.C.C.C.CCC(C)(CC(C)(CC(C)(C)C(=O)OCC(O)COC(C)CNCCc1ccc(O)c(O)c1)C(=O)OCC(O)CO)C(=O)OCCN1CCCC1=O. The second-order valence-corrected chi connectivity index (χ2v) is 14.9. The summed E-state index contributed by atoms with van der Waals surface area (Å²) in [7, 11) is 0. The Morgan fingerprint density at radius 1 is 0.857 bits per heavy atom. The van der Waals surface area contributed by atoms with Crippen LogP contribution in [0, 0.1) is 16.2 Å². The van der Waals surface area contributed by atoms with Gasteiger partial charge in [-0.2, -0.15) is 0 Å². The van der Waals surface area contributed by atoms with E-state index < -0.39 is 59.6 Å². The van der Waals surface area contributed by atoms with Crippen molar-refractivity contribution in [3.8, 4) is 11.5 Å². The number of hydrogen-bond acceptors (Lipinski definition) is 14. The number of benzene rings is 1. The molecule has 5 unspecified atom stereocenters. The van der Waals surface area contributed by atoms with E-state index in [-0.39, 0.29) is 98.8 Å². The topological polar surface area (TPSA) is 222 Å². The Bertz CT molecular complexity index is 1330. The van der Waals surface area contributed by atoms with E-state index in [1.807, 2.05) is 6.92 Å². The molecule has 56 heavy (non-hydrogen) atoms. The Morgan fingerprint density at radius 3 is 2.04 bits per heavy atom. The lowest BCUT2D eigenvalue weighted by molar-refractivity contribution is -0.172. The highest BCUT2D eigenvalue weighted by molar-refractivity contribution is 5.83. The molecule has 15 heteroatoms. The third kappa shape index (κ3) is 18.2. The van der Waals surface area contributed by atoms with Crippen molar-refractivity contribution in [2.75, 3.05) is 59.2 Å². The van der Waals surface area contributed by atoms with E-state index in [4.69, 9.17) is 18.9 Å². The van der Waals surface area contributed by atoms with Gasteiger partial charge in [-0.3, -0.25) is 19.2 Å². The lowest BCUT2D eigenvalue weighted by Crippen LogP contribution is -2.45. The average Bonchev–Trinajstić information content (AvgIpc) is 3.51. The van der Waals surface area contributed by atoms with Gasteiger partial charge >= 0.3 is 17.9 Å². The average molecular weight is 805 g/mol. The van der Waals surface area contributed by atoms with Crippen LogP contribution in [0.15, 0.2) is 18.2 Å². The van der Waals surface area contributed by atoms with E-state index in [1.54, 1.807) is 45.6 Å². The molecular formula is C41H76N2O13. The molecule has 0 bridgehead atoms. The molecule has 2 rings (SSSR count). The summed E-state index contributed by atoms with van der Waals surface area (Å²) in [5, 5.41) is 51.8. The van der Waals surface area contributed by atoms with Crippen molar-refractivity contribution in [1.82, 2.24) is 10.2 Å². The van der Waals surface area contributed by atoms with Gasteiger partial charge in [0, 0.05) is 19.5 Å². The number of nitrogens with one attached hydrogen (secondary N) is 1. The summed E-state index contributed by atoms with van der Waals surface area (Å²) in [5.74, 6) is -2.41. The van der Waals surface area contributed by atoms with Gasteiger partial charge in [-0.05, 0) is 91.0 Å². The highest BCUT2D eigenvalue weighted by Gasteiger charge is 2.50. The van der Waals surface area contributed by atoms with Gasteiger partial charge in [0.2, 0.25) is 5.91 Å². The third-order valence-corrected chi connectivity index (χ3v) is 9.36.